The van der Waals surface area contributed by atoms with Gasteiger partial charge in [-0.3, -0.25) is 4.90 Å². The number of hydrogen-bond acceptors (Lipinski definition) is 3. The fraction of sp³-hybridized carbons (Fsp3) is 0.581. The standard InChI is InChI=1S/C31H36F7N3O2/c1-18-14-22(32)5-7-24(18)28-26-17-40(23-9-12-43-13-10-23)16-20(26)8-11-41(28)29(42)39(3)19(2)25-6-4-21(30(33,34)35)15-27(25)31(36,37)38/h4-7,14-15,19-20,23,26,28H,8-13,16-17H2,1-3H3/t19?,20?,26-,28+/m1/s1. The summed E-state index contributed by atoms with van der Waals surface area (Å²) in [6, 6.07) is 4.16. The minimum Gasteiger partial charge on any atom is -0.381 e. The molecule has 0 aromatic heterocycles. The van der Waals surface area contributed by atoms with E-state index in [4.69, 9.17) is 4.74 Å². The Bertz CT molecular complexity index is 1330. The Balaban J connectivity index is 1.47. The quantitative estimate of drug-likeness (QED) is 0.335. The summed E-state index contributed by atoms with van der Waals surface area (Å²) in [7, 11) is 1.37. The van der Waals surface area contributed by atoms with Gasteiger partial charge in [0.05, 0.1) is 23.2 Å². The summed E-state index contributed by atoms with van der Waals surface area (Å²) in [5.74, 6) is -0.115. The molecule has 0 radical (unpaired) electrons. The predicted molar refractivity (Wildman–Crippen MR) is 146 cm³/mol. The van der Waals surface area contributed by atoms with Crippen LogP contribution in [0.4, 0.5) is 35.5 Å². The molecule has 3 aliphatic rings. The molecule has 5 nitrogen and oxygen atoms in total. The van der Waals surface area contributed by atoms with E-state index < -0.39 is 53.0 Å². The van der Waals surface area contributed by atoms with Gasteiger partial charge in [0.15, 0.2) is 0 Å². The molecule has 4 atom stereocenters. The SMILES string of the molecule is Cc1cc(F)ccc1[C@H]1[C@@H]2CN(C3CCOCC3)CC2CCN1C(=O)N(C)C(C)c1ccc(C(F)(F)F)cc1C(F)(F)F. The first-order chi connectivity index (χ1) is 20.2. The van der Waals surface area contributed by atoms with Crippen molar-refractivity contribution in [3.63, 3.8) is 0 Å². The topological polar surface area (TPSA) is 36.0 Å². The number of aryl methyl sites for hydroxylation is 1. The maximum absolute atomic E-state index is 14.1. The number of fused-ring (bicyclic) bond motifs is 1. The first-order valence-corrected chi connectivity index (χ1v) is 14.6. The summed E-state index contributed by atoms with van der Waals surface area (Å²) in [6.07, 6.45) is -7.48. The van der Waals surface area contributed by atoms with E-state index in [-0.39, 0.29) is 17.9 Å². The van der Waals surface area contributed by atoms with Gasteiger partial charge in [0, 0.05) is 51.9 Å². The Morgan fingerprint density at radius 3 is 2.30 bits per heavy atom. The molecule has 12 heteroatoms. The zero-order valence-electron chi connectivity index (χ0n) is 24.3. The molecule has 0 aliphatic carbocycles. The molecule has 3 saturated heterocycles. The van der Waals surface area contributed by atoms with Crippen molar-refractivity contribution in [2.45, 2.75) is 63.6 Å². The van der Waals surface area contributed by atoms with Crippen molar-refractivity contribution in [1.82, 2.24) is 14.7 Å². The average molecular weight is 616 g/mol. The highest BCUT2D eigenvalue weighted by Crippen LogP contribution is 2.47. The molecule has 2 unspecified atom stereocenters. The zero-order chi connectivity index (χ0) is 31.3. The summed E-state index contributed by atoms with van der Waals surface area (Å²) in [6.45, 7) is 6.46. The van der Waals surface area contributed by atoms with Crippen molar-refractivity contribution in [3.05, 3.63) is 70.0 Å². The zero-order valence-corrected chi connectivity index (χ0v) is 24.3. The van der Waals surface area contributed by atoms with E-state index >= 15 is 0 Å². The summed E-state index contributed by atoms with van der Waals surface area (Å²) in [5, 5.41) is 0. The molecule has 2 aromatic rings. The molecule has 2 amide bonds. The lowest BCUT2D eigenvalue weighted by Crippen LogP contribution is -2.51. The first kappa shape index (κ1) is 31.6. The number of ether oxygens (including phenoxy) is 1. The van der Waals surface area contributed by atoms with E-state index in [0.29, 0.717) is 43.9 Å². The highest BCUT2D eigenvalue weighted by atomic mass is 19.4. The Morgan fingerprint density at radius 1 is 0.977 bits per heavy atom. The third kappa shape index (κ3) is 6.36. The molecule has 0 bridgehead atoms. The van der Waals surface area contributed by atoms with Gasteiger partial charge in [-0.25, -0.2) is 9.18 Å². The van der Waals surface area contributed by atoms with E-state index in [1.165, 1.54) is 26.1 Å². The van der Waals surface area contributed by atoms with Gasteiger partial charge in [0.1, 0.15) is 5.82 Å². The molecule has 3 aliphatic heterocycles. The first-order valence-electron chi connectivity index (χ1n) is 14.6. The number of alkyl halides is 6. The van der Waals surface area contributed by atoms with Crippen molar-refractivity contribution < 1.29 is 40.3 Å². The fourth-order valence-electron chi connectivity index (χ4n) is 7.12. The molecular formula is C31H36F7N3O2. The van der Waals surface area contributed by atoms with Crippen LogP contribution in [0.25, 0.3) is 0 Å². The Hall–Kier alpha value is -2.86. The van der Waals surface area contributed by atoms with E-state index in [9.17, 15) is 35.5 Å². The minimum atomic E-state index is -5.06. The number of piperidine rings is 1. The number of rotatable bonds is 4. The number of likely N-dealkylation sites (tertiary alicyclic amines) is 2. The number of carbonyl (C=O) groups is 1. The van der Waals surface area contributed by atoms with Crippen LogP contribution in [0.3, 0.4) is 0 Å². The van der Waals surface area contributed by atoms with Gasteiger partial charge in [-0.15, -0.1) is 0 Å². The van der Waals surface area contributed by atoms with Crippen LogP contribution in [0, 0.1) is 24.6 Å². The van der Waals surface area contributed by atoms with Crippen molar-refractivity contribution >= 4 is 6.03 Å². The van der Waals surface area contributed by atoms with Gasteiger partial charge in [-0.2, -0.15) is 26.3 Å². The summed E-state index contributed by atoms with van der Waals surface area (Å²) < 4.78 is 101. The van der Waals surface area contributed by atoms with Crippen LogP contribution in [0.2, 0.25) is 0 Å². The van der Waals surface area contributed by atoms with Gasteiger partial charge < -0.3 is 14.5 Å². The molecule has 3 fully saturated rings. The van der Waals surface area contributed by atoms with Crippen LogP contribution in [-0.2, 0) is 17.1 Å². The summed E-state index contributed by atoms with van der Waals surface area (Å²) in [5.41, 5.74) is -1.81. The maximum Gasteiger partial charge on any atom is 0.416 e. The van der Waals surface area contributed by atoms with E-state index in [1.807, 2.05) is 0 Å². The molecule has 43 heavy (non-hydrogen) atoms. The van der Waals surface area contributed by atoms with Crippen LogP contribution in [0.15, 0.2) is 36.4 Å². The van der Waals surface area contributed by atoms with Crippen molar-refractivity contribution in [1.29, 1.82) is 0 Å². The second kappa shape index (κ2) is 11.9. The van der Waals surface area contributed by atoms with Crippen LogP contribution >= 0.6 is 0 Å². The number of urea groups is 1. The lowest BCUT2D eigenvalue weighted by Gasteiger charge is -2.45. The highest BCUT2D eigenvalue weighted by molar-refractivity contribution is 5.76. The third-order valence-electron chi connectivity index (χ3n) is 9.52. The van der Waals surface area contributed by atoms with Crippen molar-refractivity contribution in [2.75, 3.05) is 39.9 Å². The van der Waals surface area contributed by atoms with Crippen LogP contribution in [0.5, 0.6) is 0 Å². The van der Waals surface area contributed by atoms with Gasteiger partial charge in [0.2, 0.25) is 0 Å². The van der Waals surface area contributed by atoms with E-state index in [0.717, 1.165) is 42.5 Å². The summed E-state index contributed by atoms with van der Waals surface area (Å²) >= 11 is 0. The second-order valence-corrected chi connectivity index (χ2v) is 12.0. The Morgan fingerprint density at radius 2 is 1.67 bits per heavy atom. The number of halogens is 7. The Labute approximate surface area is 246 Å². The van der Waals surface area contributed by atoms with Crippen molar-refractivity contribution in [2.24, 2.45) is 11.8 Å². The Kier molecular flexibility index (Phi) is 8.74. The number of amides is 2. The average Bonchev–Trinajstić information content (AvgIpc) is 3.40. The summed E-state index contributed by atoms with van der Waals surface area (Å²) in [4.78, 5) is 19.4. The van der Waals surface area contributed by atoms with Gasteiger partial charge in [-0.1, -0.05) is 12.1 Å². The van der Waals surface area contributed by atoms with E-state index in [2.05, 4.69) is 4.90 Å². The number of nitrogens with zero attached hydrogens (tertiary/aromatic N) is 3. The predicted octanol–water partition coefficient (Wildman–Crippen LogP) is 7.46. The van der Waals surface area contributed by atoms with Crippen LogP contribution in [-0.4, -0.2) is 66.7 Å². The largest absolute Gasteiger partial charge is 0.416 e. The van der Waals surface area contributed by atoms with Gasteiger partial charge >= 0.3 is 18.4 Å². The molecule has 0 saturated carbocycles. The van der Waals surface area contributed by atoms with Gasteiger partial charge in [0.25, 0.3) is 0 Å². The molecular weight excluding hydrogens is 579 g/mol. The van der Waals surface area contributed by atoms with Gasteiger partial charge in [-0.05, 0) is 80.0 Å². The maximum atomic E-state index is 14.1. The lowest BCUT2D eigenvalue weighted by atomic mass is 9.78. The molecule has 236 valence electrons. The fourth-order valence-corrected chi connectivity index (χ4v) is 7.12. The molecule has 0 N–H and O–H groups in total. The van der Waals surface area contributed by atoms with Crippen molar-refractivity contribution in [3.8, 4) is 0 Å². The second-order valence-electron chi connectivity index (χ2n) is 12.0. The lowest BCUT2D eigenvalue weighted by molar-refractivity contribution is -0.143. The van der Waals surface area contributed by atoms with Crippen LogP contribution in [0.1, 0.15) is 66.1 Å². The van der Waals surface area contributed by atoms with Crippen LogP contribution < -0.4 is 0 Å². The van der Waals surface area contributed by atoms with E-state index in [1.54, 1.807) is 17.9 Å². The highest BCUT2D eigenvalue weighted by Gasteiger charge is 2.48. The number of carbonyl (C=O) groups excluding carboxylic acids is 1. The monoisotopic (exact) mass is 615 g/mol. The third-order valence-corrected chi connectivity index (χ3v) is 9.52. The number of hydrogen-bond donors (Lipinski definition) is 0. The molecule has 2 aromatic carbocycles. The molecule has 0 spiro atoms. The smallest absolute Gasteiger partial charge is 0.381 e. The molecule has 3 heterocycles. The minimum absolute atomic E-state index is 0.0187. The molecule has 5 rings (SSSR count). The number of benzene rings is 2. The normalized spacial score (nSPS) is 24.6.